The number of carbonyl (C=O) groups excluding carboxylic acids is 1. The third-order valence-corrected chi connectivity index (χ3v) is 2.82. The van der Waals surface area contributed by atoms with Gasteiger partial charge in [0.2, 0.25) is 0 Å². The Bertz CT molecular complexity index is 648. The lowest BCUT2D eigenvalue weighted by atomic mass is 10.0. The van der Waals surface area contributed by atoms with Crippen LogP contribution < -0.4 is 5.56 Å². The number of aromatic nitrogens is 1. The Hall–Kier alpha value is -2.23. The Morgan fingerprint density at radius 2 is 1.94 bits per heavy atom. The third-order valence-electron chi connectivity index (χ3n) is 2.82. The van der Waals surface area contributed by atoms with Crippen LogP contribution in [0.3, 0.4) is 0 Å². The number of aldehydes is 1. The second-order valence-corrected chi connectivity index (χ2v) is 4.18. The number of rotatable bonds is 2. The zero-order chi connectivity index (χ0) is 13.3. The molecule has 0 aliphatic heterocycles. The first kappa shape index (κ1) is 12.2. The average molecular weight is 245 g/mol. The monoisotopic (exact) mass is 245 g/mol. The van der Waals surface area contributed by atoms with Crippen molar-refractivity contribution >= 4 is 6.29 Å². The van der Waals surface area contributed by atoms with E-state index in [2.05, 4.69) is 0 Å². The van der Waals surface area contributed by atoms with Crippen molar-refractivity contribution in [2.24, 2.45) is 7.05 Å². The SMILES string of the molecule is Cc1cc(-c2ccc(C=O)c(F)c2)cn(C)c1=O. The molecule has 0 fully saturated rings. The fourth-order valence-corrected chi connectivity index (χ4v) is 1.84. The van der Waals surface area contributed by atoms with E-state index < -0.39 is 5.82 Å². The topological polar surface area (TPSA) is 39.1 Å². The Balaban J connectivity index is 2.59. The van der Waals surface area contributed by atoms with Crippen molar-refractivity contribution in [2.45, 2.75) is 6.92 Å². The molecule has 2 aromatic rings. The van der Waals surface area contributed by atoms with Gasteiger partial charge >= 0.3 is 0 Å². The van der Waals surface area contributed by atoms with Crippen molar-refractivity contribution < 1.29 is 9.18 Å². The summed E-state index contributed by atoms with van der Waals surface area (Å²) >= 11 is 0. The number of hydrogen-bond acceptors (Lipinski definition) is 2. The fourth-order valence-electron chi connectivity index (χ4n) is 1.84. The summed E-state index contributed by atoms with van der Waals surface area (Å²) in [6.07, 6.45) is 2.12. The molecule has 0 spiro atoms. The molecule has 0 aliphatic carbocycles. The molecule has 4 heteroatoms. The number of nitrogens with zero attached hydrogens (tertiary/aromatic N) is 1. The van der Waals surface area contributed by atoms with Gasteiger partial charge in [-0.1, -0.05) is 6.07 Å². The summed E-state index contributed by atoms with van der Waals surface area (Å²) in [5, 5.41) is 0. The van der Waals surface area contributed by atoms with Gasteiger partial charge in [-0.3, -0.25) is 9.59 Å². The van der Waals surface area contributed by atoms with E-state index in [-0.39, 0.29) is 11.1 Å². The Labute approximate surface area is 104 Å². The summed E-state index contributed by atoms with van der Waals surface area (Å²) in [4.78, 5) is 22.1. The van der Waals surface area contributed by atoms with Gasteiger partial charge in [0.05, 0.1) is 5.56 Å². The Morgan fingerprint density at radius 3 is 2.50 bits per heavy atom. The molecular weight excluding hydrogens is 233 g/mol. The van der Waals surface area contributed by atoms with E-state index in [9.17, 15) is 14.0 Å². The highest BCUT2D eigenvalue weighted by atomic mass is 19.1. The van der Waals surface area contributed by atoms with Crippen LogP contribution in [-0.2, 0) is 7.05 Å². The van der Waals surface area contributed by atoms with Crippen LogP contribution in [0, 0.1) is 12.7 Å². The van der Waals surface area contributed by atoms with E-state index in [0.717, 1.165) is 5.56 Å². The highest BCUT2D eigenvalue weighted by molar-refractivity contribution is 5.77. The minimum atomic E-state index is -0.561. The number of aryl methyl sites for hydroxylation is 2. The molecule has 0 unspecified atom stereocenters. The molecule has 92 valence electrons. The molecule has 1 aromatic heterocycles. The van der Waals surface area contributed by atoms with Crippen LogP contribution in [0.15, 0.2) is 35.3 Å². The van der Waals surface area contributed by atoms with Crippen molar-refractivity contribution in [3.63, 3.8) is 0 Å². The average Bonchev–Trinajstić information content (AvgIpc) is 2.35. The van der Waals surface area contributed by atoms with E-state index in [1.165, 1.54) is 16.7 Å². The van der Waals surface area contributed by atoms with Crippen LogP contribution in [0.25, 0.3) is 11.1 Å². The molecule has 18 heavy (non-hydrogen) atoms. The minimum Gasteiger partial charge on any atom is -0.318 e. The normalized spacial score (nSPS) is 10.4. The Kier molecular flexibility index (Phi) is 3.10. The molecule has 0 saturated heterocycles. The van der Waals surface area contributed by atoms with E-state index in [4.69, 9.17) is 0 Å². The standard InChI is InChI=1S/C14H12FNO2/c1-9-5-12(7-16(2)14(9)18)10-3-4-11(8-17)13(15)6-10/h3-8H,1-2H3. The van der Waals surface area contributed by atoms with Gasteiger partial charge in [-0.05, 0) is 36.2 Å². The molecule has 0 radical (unpaired) electrons. The van der Waals surface area contributed by atoms with Crippen molar-refractivity contribution in [3.8, 4) is 11.1 Å². The van der Waals surface area contributed by atoms with Crippen molar-refractivity contribution in [1.82, 2.24) is 4.57 Å². The van der Waals surface area contributed by atoms with Crippen molar-refractivity contribution in [1.29, 1.82) is 0 Å². The third kappa shape index (κ3) is 2.09. The number of benzene rings is 1. The lowest BCUT2D eigenvalue weighted by molar-refractivity contribution is 0.112. The van der Waals surface area contributed by atoms with Crippen molar-refractivity contribution in [3.05, 3.63) is 57.8 Å². The molecule has 2 rings (SSSR count). The predicted octanol–water partition coefficient (Wildman–Crippen LogP) is 2.31. The molecule has 0 N–H and O–H groups in total. The van der Waals surface area contributed by atoms with Gasteiger partial charge in [0.1, 0.15) is 5.82 Å². The molecule has 1 aromatic carbocycles. The zero-order valence-corrected chi connectivity index (χ0v) is 10.1. The maximum absolute atomic E-state index is 13.5. The molecule has 0 atom stereocenters. The minimum absolute atomic E-state index is 0.0280. The first-order valence-corrected chi connectivity index (χ1v) is 5.45. The van der Waals surface area contributed by atoms with Crippen molar-refractivity contribution in [2.75, 3.05) is 0 Å². The quantitative estimate of drug-likeness (QED) is 0.761. The zero-order valence-electron chi connectivity index (χ0n) is 10.1. The van der Waals surface area contributed by atoms with Gasteiger partial charge < -0.3 is 4.57 Å². The molecule has 0 bridgehead atoms. The van der Waals surface area contributed by atoms with Crippen LogP contribution >= 0.6 is 0 Å². The van der Waals surface area contributed by atoms with Crippen LogP contribution in [0.5, 0.6) is 0 Å². The summed E-state index contributed by atoms with van der Waals surface area (Å²) in [6.45, 7) is 1.71. The summed E-state index contributed by atoms with van der Waals surface area (Å²) < 4.78 is 15.0. The van der Waals surface area contributed by atoms with Crippen LogP contribution in [0.4, 0.5) is 4.39 Å². The number of halogens is 1. The maximum Gasteiger partial charge on any atom is 0.253 e. The second-order valence-electron chi connectivity index (χ2n) is 4.18. The first-order valence-electron chi connectivity index (χ1n) is 5.45. The predicted molar refractivity (Wildman–Crippen MR) is 67.2 cm³/mol. The van der Waals surface area contributed by atoms with Gasteiger partial charge in [0.25, 0.3) is 5.56 Å². The molecule has 1 heterocycles. The summed E-state index contributed by atoms with van der Waals surface area (Å²) in [7, 11) is 1.65. The van der Waals surface area contributed by atoms with Crippen LogP contribution in [0.1, 0.15) is 15.9 Å². The molecular formula is C14H12FNO2. The molecule has 0 aliphatic rings. The van der Waals surface area contributed by atoms with Gasteiger partial charge in [-0.25, -0.2) is 4.39 Å². The highest BCUT2D eigenvalue weighted by Crippen LogP contribution is 2.21. The summed E-state index contributed by atoms with van der Waals surface area (Å²) in [5.41, 5.74) is 1.92. The molecule has 0 amide bonds. The van der Waals surface area contributed by atoms with E-state index in [1.54, 1.807) is 32.3 Å². The van der Waals surface area contributed by atoms with E-state index >= 15 is 0 Å². The summed E-state index contributed by atoms with van der Waals surface area (Å²) in [5.74, 6) is -0.561. The smallest absolute Gasteiger partial charge is 0.253 e. The number of hydrogen-bond donors (Lipinski definition) is 0. The lowest BCUT2D eigenvalue weighted by Gasteiger charge is -2.07. The maximum atomic E-state index is 13.5. The van der Waals surface area contributed by atoms with Gasteiger partial charge in [-0.2, -0.15) is 0 Å². The lowest BCUT2D eigenvalue weighted by Crippen LogP contribution is -2.18. The molecule has 0 saturated carbocycles. The van der Waals surface area contributed by atoms with Crippen LogP contribution in [-0.4, -0.2) is 10.9 Å². The highest BCUT2D eigenvalue weighted by Gasteiger charge is 2.06. The number of carbonyl (C=O) groups is 1. The first-order chi connectivity index (χ1) is 8.52. The molecule has 3 nitrogen and oxygen atoms in total. The second kappa shape index (κ2) is 4.56. The Morgan fingerprint density at radius 1 is 1.22 bits per heavy atom. The summed E-state index contributed by atoms with van der Waals surface area (Å²) in [6, 6.07) is 6.09. The van der Waals surface area contributed by atoms with Gasteiger partial charge in [0.15, 0.2) is 6.29 Å². The largest absolute Gasteiger partial charge is 0.318 e. The van der Waals surface area contributed by atoms with E-state index in [0.29, 0.717) is 17.4 Å². The van der Waals surface area contributed by atoms with Gasteiger partial charge in [-0.15, -0.1) is 0 Å². The number of pyridine rings is 1. The van der Waals surface area contributed by atoms with Gasteiger partial charge in [0, 0.05) is 18.8 Å². The fraction of sp³-hybridized carbons (Fsp3) is 0.143. The van der Waals surface area contributed by atoms with Crippen LogP contribution in [0.2, 0.25) is 0 Å². The van der Waals surface area contributed by atoms with E-state index in [1.807, 2.05) is 0 Å².